The second-order valence-electron chi connectivity index (χ2n) is 7.26. The van der Waals surface area contributed by atoms with Gasteiger partial charge in [0, 0.05) is 17.3 Å². The first kappa shape index (κ1) is 19.7. The van der Waals surface area contributed by atoms with E-state index < -0.39 is 5.97 Å². The average molecular weight is 401 g/mol. The first-order valence-electron chi connectivity index (χ1n) is 9.96. The highest BCUT2D eigenvalue weighted by molar-refractivity contribution is 5.97. The molecule has 1 atom stereocenters. The van der Waals surface area contributed by atoms with E-state index in [1.807, 2.05) is 85.8 Å². The van der Waals surface area contributed by atoms with Crippen LogP contribution in [0.15, 0.2) is 78.9 Å². The summed E-state index contributed by atoms with van der Waals surface area (Å²) in [5.74, 6) is -0.217. The molecule has 0 N–H and O–H groups in total. The Balaban J connectivity index is 1.34. The summed E-state index contributed by atoms with van der Waals surface area (Å²) in [6.45, 7) is 1.42. The van der Waals surface area contributed by atoms with E-state index in [4.69, 9.17) is 9.47 Å². The molecule has 0 aromatic heterocycles. The van der Waals surface area contributed by atoms with Crippen molar-refractivity contribution in [3.8, 4) is 16.9 Å². The molecule has 30 heavy (non-hydrogen) atoms. The van der Waals surface area contributed by atoms with Crippen molar-refractivity contribution in [1.82, 2.24) is 0 Å². The monoisotopic (exact) mass is 401 g/mol. The molecule has 3 aromatic rings. The largest absolute Gasteiger partial charge is 0.481 e. The molecular formula is C25H23NO4. The van der Waals surface area contributed by atoms with Crippen LogP contribution in [-0.2, 0) is 20.7 Å². The fourth-order valence-corrected chi connectivity index (χ4v) is 3.78. The Kier molecular flexibility index (Phi) is 5.80. The van der Waals surface area contributed by atoms with E-state index in [1.54, 1.807) is 4.90 Å². The summed E-state index contributed by atoms with van der Waals surface area (Å²) in [7, 11) is 0. The number of hydrogen-bond donors (Lipinski definition) is 0. The number of ether oxygens (including phenoxy) is 2. The molecule has 5 heteroatoms. The smallest absolute Gasteiger partial charge is 0.344 e. The molecule has 0 fully saturated rings. The molecule has 0 saturated heterocycles. The van der Waals surface area contributed by atoms with Gasteiger partial charge in [-0.05, 0) is 36.6 Å². The second-order valence-corrected chi connectivity index (χ2v) is 7.26. The van der Waals surface area contributed by atoms with Crippen LogP contribution < -0.4 is 9.64 Å². The summed E-state index contributed by atoms with van der Waals surface area (Å²) >= 11 is 0. The summed E-state index contributed by atoms with van der Waals surface area (Å²) in [5.41, 5.74) is 3.91. The Morgan fingerprint density at radius 2 is 1.60 bits per heavy atom. The number of fused-ring (bicyclic) bond motifs is 1. The van der Waals surface area contributed by atoms with Crippen LogP contribution in [0.25, 0.3) is 11.1 Å². The van der Waals surface area contributed by atoms with Crippen LogP contribution in [0.4, 0.5) is 5.69 Å². The summed E-state index contributed by atoms with van der Waals surface area (Å²) < 4.78 is 10.9. The molecule has 0 spiro atoms. The van der Waals surface area contributed by atoms with Crippen molar-refractivity contribution in [2.45, 2.75) is 19.4 Å². The summed E-state index contributed by atoms with van der Waals surface area (Å²) in [5, 5.41) is 0. The van der Waals surface area contributed by atoms with Gasteiger partial charge in [0.25, 0.3) is 5.91 Å². The van der Waals surface area contributed by atoms with Gasteiger partial charge in [0.2, 0.25) is 0 Å². The summed E-state index contributed by atoms with van der Waals surface area (Å²) in [6, 6.07) is 25.2. The number of anilines is 1. The number of amides is 1. The van der Waals surface area contributed by atoms with Crippen molar-refractivity contribution in [3.05, 3.63) is 84.4 Å². The van der Waals surface area contributed by atoms with Gasteiger partial charge in [0.15, 0.2) is 13.2 Å². The number of benzene rings is 3. The lowest BCUT2D eigenvalue weighted by molar-refractivity contribution is -0.149. The lowest BCUT2D eigenvalue weighted by Crippen LogP contribution is -2.39. The van der Waals surface area contributed by atoms with Gasteiger partial charge in [-0.15, -0.1) is 0 Å². The fraction of sp³-hybridized carbons (Fsp3) is 0.200. The Morgan fingerprint density at radius 1 is 0.900 bits per heavy atom. The molecule has 3 aromatic carbocycles. The van der Waals surface area contributed by atoms with Crippen molar-refractivity contribution in [3.63, 3.8) is 0 Å². The zero-order valence-corrected chi connectivity index (χ0v) is 16.8. The zero-order valence-electron chi connectivity index (χ0n) is 16.8. The number of carbonyl (C=O) groups excluding carboxylic acids is 2. The number of nitrogens with zero attached hydrogens (tertiary/aromatic N) is 1. The standard InChI is InChI=1S/C25H23NO4/c1-18-15-20-11-5-7-13-22(20)26(18)24(27)16-30-25(28)17-29-23-14-8-6-12-21(23)19-9-3-2-4-10-19/h2-14,18H,15-17H2,1H3. The Bertz CT molecular complexity index is 1050. The van der Waals surface area contributed by atoms with E-state index >= 15 is 0 Å². The van der Waals surface area contributed by atoms with Crippen molar-refractivity contribution in [2.75, 3.05) is 18.1 Å². The van der Waals surface area contributed by atoms with Crippen molar-refractivity contribution < 1.29 is 19.1 Å². The minimum Gasteiger partial charge on any atom is -0.481 e. The molecule has 0 saturated carbocycles. The Labute approximate surface area is 175 Å². The maximum Gasteiger partial charge on any atom is 0.344 e. The zero-order chi connectivity index (χ0) is 20.9. The molecule has 5 nitrogen and oxygen atoms in total. The molecule has 1 unspecified atom stereocenters. The minimum absolute atomic E-state index is 0.0441. The van der Waals surface area contributed by atoms with Gasteiger partial charge in [-0.3, -0.25) is 4.79 Å². The van der Waals surface area contributed by atoms with E-state index in [9.17, 15) is 9.59 Å². The predicted molar refractivity (Wildman–Crippen MR) is 115 cm³/mol. The van der Waals surface area contributed by atoms with Gasteiger partial charge < -0.3 is 14.4 Å². The first-order valence-corrected chi connectivity index (χ1v) is 9.96. The number of carbonyl (C=O) groups is 2. The Morgan fingerprint density at radius 3 is 2.43 bits per heavy atom. The van der Waals surface area contributed by atoms with Crippen molar-refractivity contribution in [1.29, 1.82) is 0 Å². The van der Waals surface area contributed by atoms with Gasteiger partial charge in [0.1, 0.15) is 5.75 Å². The number of para-hydroxylation sites is 2. The molecule has 1 aliphatic rings. The topological polar surface area (TPSA) is 55.8 Å². The van der Waals surface area contributed by atoms with E-state index in [1.165, 1.54) is 0 Å². The maximum atomic E-state index is 12.6. The van der Waals surface area contributed by atoms with Crippen LogP contribution >= 0.6 is 0 Å². The van der Waals surface area contributed by atoms with Crippen LogP contribution in [0.1, 0.15) is 12.5 Å². The second kappa shape index (κ2) is 8.82. The number of hydrogen-bond acceptors (Lipinski definition) is 4. The number of rotatable bonds is 6. The SMILES string of the molecule is CC1Cc2ccccc2N1C(=O)COC(=O)COc1ccccc1-c1ccccc1. The van der Waals surface area contributed by atoms with E-state index in [2.05, 4.69) is 0 Å². The highest BCUT2D eigenvalue weighted by Crippen LogP contribution is 2.32. The van der Waals surface area contributed by atoms with Gasteiger partial charge in [-0.25, -0.2) is 4.79 Å². The first-order chi connectivity index (χ1) is 14.6. The molecule has 1 aliphatic heterocycles. The third-order valence-electron chi connectivity index (χ3n) is 5.15. The molecule has 152 valence electrons. The lowest BCUT2D eigenvalue weighted by Gasteiger charge is -2.22. The van der Waals surface area contributed by atoms with Gasteiger partial charge >= 0.3 is 5.97 Å². The summed E-state index contributed by atoms with van der Waals surface area (Å²) in [6.07, 6.45) is 0.801. The van der Waals surface area contributed by atoms with E-state index in [0.717, 1.165) is 28.8 Å². The van der Waals surface area contributed by atoms with Crippen molar-refractivity contribution >= 4 is 17.6 Å². The number of esters is 1. The molecular weight excluding hydrogens is 378 g/mol. The lowest BCUT2D eigenvalue weighted by atomic mass is 10.1. The highest BCUT2D eigenvalue weighted by Gasteiger charge is 2.30. The van der Waals surface area contributed by atoms with Gasteiger partial charge in [-0.1, -0.05) is 66.7 Å². The fourth-order valence-electron chi connectivity index (χ4n) is 3.78. The van der Waals surface area contributed by atoms with Crippen LogP contribution in [0.5, 0.6) is 5.75 Å². The van der Waals surface area contributed by atoms with Crippen LogP contribution in [0, 0.1) is 0 Å². The molecule has 0 aliphatic carbocycles. The highest BCUT2D eigenvalue weighted by atomic mass is 16.6. The molecule has 1 amide bonds. The molecule has 0 bridgehead atoms. The van der Waals surface area contributed by atoms with Crippen LogP contribution in [0.3, 0.4) is 0 Å². The van der Waals surface area contributed by atoms with Gasteiger partial charge in [-0.2, -0.15) is 0 Å². The predicted octanol–water partition coefficient (Wildman–Crippen LogP) is 4.25. The van der Waals surface area contributed by atoms with Crippen molar-refractivity contribution in [2.24, 2.45) is 0 Å². The van der Waals surface area contributed by atoms with Crippen LogP contribution in [-0.4, -0.2) is 31.1 Å². The molecule has 0 radical (unpaired) electrons. The minimum atomic E-state index is -0.577. The maximum absolute atomic E-state index is 12.6. The Hall–Kier alpha value is -3.60. The molecule has 4 rings (SSSR count). The third kappa shape index (κ3) is 4.20. The molecule has 1 heterocycles. The quantitative estimate of drug-likeness (QED) is 0.580. The summed E-state index contributed by atoms with van der Waals surface area (Å²) in [4.78, 5) is 26.5. The normalized spacial score (nSPS) is 14.8. The average Bonchev–Trinajstić information content (AvgIpc) is 3.12. The van der Waals surface area contributed by atoms with Gasteiger partial charge in [0.05, 0.1) is 0 Å². The third-order valence-corrected chi connectivity index (χ3v) is 5.15. The van der Waals surface area contributed by atoms with Crippen LogP contribution in [0.2, 0.25) is 0 Å². The van der Waals surface area contributed by atoms with E-state index in [-0.39, 0.29) is 25.2 Å². The van der Waals surface area contributed by atoms with E-state index in [0.29, 0.717) is 5.75 Å².